The van der Waals surface area contributed by atoms with Gasteiger partial charge in [0.05, 0.1) is 17.5 Å². The van der Waals surface area contributed by atoms with Gasteiger partial charge in [-0.2, -0.15) is 0 Å². The van der Waals surface area contributed by atoms with Crippen LogP contribution in [0.2, 0.25) is 0 Å². The second-order valence-electron chi connectivity index (χ2n) is 9.56. The molecular formula is C26H20FNO6. The van der Waals surface area contributed by atoms with Crippen LogP contribution in [-0.4, -0.2) is 31.0 Å². The molecular weight excluding hydrogens is 441 g/mol. The molecule has 2 aliphatic heterocycles. The second-order valence-corrected chi connectivity index (χ2v) is 9.56. The van der Waals surface area contributed by atoms with Crippen molar-refractivity contribution in [2.75, 3.05) is 18.3 Å². The van der Waals surface area contributed by atoms with Crippen molar-refractivity contribution in [3.05, 3.63) is 59.9 Å². The first-order chi connectivity index (χ1) is 16.5. The van der Waals surface area contributed by atoms with Crippen molar-refractivity contribution in [1.82, 2.24) is 0 Å². The van der Waals surface area contributed by atoms with E-state index < -0.39 is 5.82 Å². The number of carbonyl (C=O) groups is 3. The SMILES string of the molecule is O=C(COc1ccc(N2C(=O)C3C4C=C[C@@H](C5CC45)C3C2=O)c(F)c1)c1ccc2c(c1)OCO2. The van der Waals surface area contributed by atoms with Gasteiger partial charge in [0.1, 0.15) is 5.75 Å². The standard InChI is InChI=1S/C26H20FNO6/c27-18-8-13(32-10-20(29)12-1-6-21-22(7-12)34-11-33-21)2-5-19(18)28-25(30)23-14-3-4-15(17-9-16(14)17)24(23)26(28)31/h1-8,14-17,23-24H,9-11H2/t14-,15?,16?,17?,23?,24?/m0/s1. The van der Waals surface area contributed by atoms with Crippen LogP contribution in [0.3, 0.4) is 0 Å². The number of Topliss-reactive ketones (excluding diaryl/α,β-unsaturated/α-hetero) is 1. The molecule has 0 radical (unpaired) electrons. The molecule has 2 heterocycles. The number of allylic oxidation sites excluding steroid dienone is 2. The van der Waals surface area contributed by atoms with Crippen molar-refractivity contribution in [3.63, 3.8) is 0 Å². The minimum absolute atomic E-state index is 0.0630. The average molecular weight is 461 g/mol. The van der Waals surface area contributed by atoms with Crippen LogP contribution in [0.5, 0.6) is 17.2 Å². The van der Waals surface area contributed by atoms with E-state index >= 15 is 4.39 Å². The fraction of sp³-hybridized carbons (Fsp3) is 0.346. The highest BCUT2D eigenvalue weighted by Gasteiger charge is 2.67. The van der Waals surface area contributed by atoms with Crippen molar-refractivity contribution < 1.29 is 33.0 Å². The maximum absolute atomic E-state index is 15.1. The van der Waals surface area contributed by atoms with Crippen LogP contribution in [0.4, 0.5) is 10.1 Å². The Morgan fingerprint density at radius 2 is 1.68 bits per heavy atom. The summed E-state index contributed by atoms with van der Waals surface area (Å²) in [5, 5.41) is 0. The normalized spacial score (nSPS) is 31.5. The van der Waals surface area contributed by atoms with E-state index in [1.807, 2.05) is 0 Å². The quantitative estimate of drug-likeness (QED) is 0.386. The molecule has 2 aromatic carbocycles. The zero-order valence-corrected chi connectivity index (χ0v) is 18.0. The number of hydrogen-bond donors (Lipinski definition) is 0. The van der Waals surface area contributed by atoms with Crippen LogP contribution in [-0.2, 0) is 9.59 Å². The molecule has 0 aromatic heterocycles. The first kappa shape index (κ1) is 19.8. The third-order valence-electron chi connectivity index (χ3n) is 7.89. The Morgan fingerprint density at radius 3 is 2.38 bits per heavy atom. The van der Waals surface area contributed by atoms with E-state index in [-0.39, 0.29) is 66.1 Å². The minimum atomic E-state index is -0.737. The molecule has 34 heavy (non-hydrogen) atoms. The van der Waals surface area contributed by atoms with Crippen molar-refractivity contribution in [2.24, 2.45) is 35.5 Å². The van der Waals surface area contributed by atoms with Crippen molar-refractivity contribution in [1.29, 1.82) is 0 Å². The van der Waals surface area contributed by atoms with Crippen LogP contribution in [0.25, 0.3) is 0 Å². The molecule has 3 fully saturated rings. The Labute approximate surface area is 194 Å². The summed E-state index contributed by atoms with van der Waals surface area (Å²) in [6, 6.07) is 8.79. The zero-order valence-electron chi connectivity index (χ0n) is 18.0. The highest BCUT2D eigenvalue weighted by molar-refractivity contribution is 6.22. The molecule has 0 N–H and O–H groups in total. The molecule has 2 aromatic rings. The van der Waals surface area contributed by atoms with E-state index in [0.29, 0.717) is 28.9 Å². The molecule has 0 spiro atoms. The number of amides is 2. The van der Waals surface area contributed by atoms with Crippen LogP contribution in [0.1, 0.15) is 16.8 Å². The van der Waals surface area contributed by atoms with Gasteiger partial charge in [-0.1, -0.05) is 12.2 Å². The summed E-state index contributed by atoms with van der Waals surface area (Å²) in [6.45, 7) is -0.195. The number of carbonyl (C=O) groups excluding carboxylic acids is 3. The number of anilines is 1. The highest BCUT2D eigenvalue weighted by atomic mass is 19.1. The molecule has 7 nitrogen and oxygen atoms in total. The van der Waals surface area contributed by atoms with E-state index in [4.69, 9.17) is 14.2 Å². The molecule has 4 aliphatic carbocycles. The smallest absolute Gasteiger partial charge is 0.238 e. The number of imide groups is 1. The molecule has 8 rings (SSSR count). The predicted molar refractivity (Wildman–Crippen MR) is 116 cm³/mol. The Hall–Kier alpha value is -3.68. The maximum Gasteiger partial charge on any atom is 0.238 e. The number of hydrogen-bond acceptors (Lipinski definition) is 6. The lowest BCUT2D eigenvalue weighted by atomic mass is 9.63. The van der Waals surface area contributed by atoms with Gasteiger partial charge in [-0.05, 0) is 60.4 Å². The molecule has 2 amide bonds. The van der Waals surface area contributed by atoms with Gasteiger partial charge in [0.25, 0.3) is 0 Å². The molecule has 8 heteroatoms. The summed E-state index contributed by atoms with van der Waals surface area (Å²) in [5.41, 5.74) is 0.324. The van der Waals surface area contributed by atoms with E-state index in [1.54, 1.807) is 18.2 Å². The Balaban J connectivity index is 1.08. The first-order valence-electron chi connectivity index (χ1n) is 11.4. The van der Waals surface area contributed by atoms with Gasteiger partial charge < -0.3 is 14.2 Å². The van der Waals surface area contributed by atoms with Crippen molar-refractivity contribution in [3.8, 4) is 17.2 Å². The van der Waals surface area contributed by atoms with Gasteiger partial charge in [-0.25, -0.2) is 9.29 Å². The monoisotopic (exact) mass is 461 g/mol. The van der Waals surface area contributed by atoms with E-state index in [2.05, 4.69) is 12.2 Å². The van der Waals surface area contributed by atoms with E-state index in [9.17, 15) is 14.4 Å². The number of rotatable bonds is 5. The summed E-state index contributed by atoms with van der Waals surface area (Å²) in [5.74, 6) is -0.135. The van der Waals surface area contributed by atoms with Gasteiger partial charge in [0, 0.05) is 11.6 Å². The number of fused-ring (bicyclic) bond motifs is 1. The number of benzene rings is 2. The molecule has 6 aliphatic rings. The lowest BCUT2D eigenvalue weighted by Gasteiger charge is -2.37. The van der Waals surface area contributed by atoms with Gasteiger partial charge in [-0.3, -0.25) is 14.4 Å². The van der Waals surface area contributed by atoms with Crippen LogP contribution in [0.15, 0.2) is 48.6 Å². The van der Waals surface area contributed by atoms with Gasteiger partial charge >= 0.3 is 0 Å². The van der Waals surface area contributed by atoms with Crippen LogP contribution >= 0.6 is 0 Å². The summed E-state index contributed by atoms with van der Waals surface area (Å²) >= 11 is 0. The predicted octanol–water partition coefficient (Wildman–Crippen LogP) is 3.37. The second kappa shape index (κ2) is 6.91. The largest absolute Gasteiger partial charge is 0.485 e. The Morgan fingerprint density at radius 1 is 0.971 bits per heavy atom. The summed E-state index contributed by atoms with van der Waals surface area (Å²) in [4.78, 5) is 39.9. The molecule has 1 saturated heterocycles. The maximum atomic E-state index is 15.1. The molecule has 2 saturated carbocycles. The summed E-state index contributed by atoms with van der Waals surface area (Å²) in [7, 11) is 0. The number of halogens is 1. The molecule has 6 atom stereocenters. The number of ether oxygens (including phenoxy) is 3. The van der Waals surface area contributed by atoms with Gasteiger partial charge in [-0.15, -0.1) is 0 Å². The first-order valence-corrected chi connectivity index (χ1v) is 11.4. The van der Waals surface area contributed by atoms with Gasteiger partial charge in [0.2, 0.25) is 18.6 Å². The average Bonchev–Trinajstić information content (AvgIpc) is 3.47. The third kappa shape index (κ3) is 2.71. The van der Waals surface area contributed by atoms with Crippen molar-refractivity contribution >= 4 is 23.3 Å². The van der Waals surface area contributed by atoms with Crippen LogP contribution < -0.4 is 19.1 Å². The molecule has 2 bridgehead atoms. The Bertz CT molecular complexity index is 1270. The molecule has 172 valence electrons. The molecule has 5 unspecified atom stereocenters. The summed E-state index contributed by atoms with van der Waals surface area (Å²) < 4.78 is 31.1. The third-order valence-corrected chi connectivity index (χ3v) is 7.89. The lowest BCUT2D eigenvalue weighted by molar-refractivity contribution is -0.124. The van der Waals surface area contributed by atoms with Crippen molar-refractivity contribution in [2.45, 2.75) is 6.42 Å². The lowest BCUT2D eigenvalue weighted by Crippen LogP contribution is -2.40. The van der Waals surface area contributed by atoms with Crippen LogP contribution in [0, 0.1) is 41.3 Å². The number of nitrogens with zero attached hydrogens (tertiary/aromatic N) is 1. The van der Waals surface area contributed by atoms with E-state index in [0.717, 1.165) is 17.4 Å². The fourth-order valence-electron chi connectivity index (χ4n) is 6.26. The zero-order chi connectivity index (χ0) is 23.1. The fourth-order valence-corrected chi connectivity index (χ4v) is 6.26. The number of ketones is 1. The van der Waals surface area contributed by atoms with Gasteiger partial charge in [0.15, 0.2) is 29.7 Å². The minimum Gasteiger partial charge on any atom is -0.485 e. The Kier molecular flexibility index (Phi) is 4.02. The highest BCUT2D eigenvalue weighted by Crippen LogP contribution is 2.65. The summed E-state index contributed by atoms with van der Waals surface area (Å²) in [6.07, 6.45) is 5.24. The van der Waals surface area contributed by atoms with E-state index in [1.165, 1.54) is 12.1 Å². The topological polar surface area (TPSA) is 82.1 Å².